The highest BCUT2D eigenvalue weighted by Gasteiger charge is 2.17. The molecule has 0 fully saturated rings. The molecule has 1 rings (SSSR count). The van der Waals surface area contributed by atoms with Gasteiger partial charge in [0.15, 0.2) is 6.10 Å². The topological polar surface area (TPSA) is 61.8 Å². The molecule has 0 heterocycles. The van der Waals surface area contributed by atoms with E-state index >= 15 is 0 Å². The van der Waals surface area contributed by atoms with Gasteiger partial charge in [0, 0.05) is 12.8 Å². The maximum atomic E-state index is 11.6. The van der Waals surface area contributed by atoms with Gasteiger partial charge in [-0.2, -0.15) is 0 Å². The summed E-state index contributed by atoms with van der Waals surface area (Å²) in [4.78, 5) is 23.1. The lowest BCUT2D eigenvalue weighted by Crippen LogP contribution is -2.29. The van der Waals surface area contributed by atoms with Crippen molar-refractivity contribution < 1.29 is 23.8 Å². The summed E-state index contributed by atoms with van der Waals surface area (Å²) < 4.78 is 16.0. The van der Waals surface area contributed by atoms with Crippen LogP contribution in [0.3, 0.4) is 0 Å². The molecule has 0 aliphatic rings. The van der Waals surface area contributed by atoms with Crippen LogP contribution in [0, 0.1) is 0 Å². The quantitative estimate of drug-likeness (QED) is 0.585. The molecule has 0 radical (unpaired) electrons. The first kappa shape index (κ1) is 19.2. The Hall–Kier alpha value is -1.88. The molecule has 0 saturated carbocycles. The minimum Gasteiger partial charge on any atom is -0.462 e. The van der Waals surface area contributed by atoms with Crippen molar-refractivity contribution in [2.75, 3.05) is 13.2 Å². The van der Waals surface area contributed by atoms with Crippen LogP contribution in [0.25, 0.3) is 0 Å². The Labute approximate surface area is 137 Å². The van der Waals surface area contributed by atoms with Gasteiger partial charge >= 0.3 is 11.9 Å². The summed E-state index contributed by atoms with van der Waals surface area (Å²) >= 11 is 0. The van der Waals surface area contributed by atoms with Crippen LogP contribution >= 0.6 is 0 Å². The number of carbonyl (C=O) groups excluding carboxylic acids is 2. The summed E-state index contributed by atoms with van der Waals surface area (Å²) in [5, 5.41) is 0. The number of hydrogen-bond acceptors (Lipinski definition) is 5. The lowest BCUT2D eigenvalue weighted by molar-refractivity contribution is -0.163. The van der Waals surface area contributed by atoms with Gasteiger partial charge in [0.25, 0.3) is 0 Å². The Morgan fingerprint density at radius 2 is 1.61 bits per heavy atom. The van der Waals surface area contributed by atoms with Crippen LogP contribution in [0.4, 0.5) is 0 Å². The lowest BCUT2D eigenvalue weighted by atomic mass is 10.2. The van der Waals surface area contributed by atoms with E-state index in [9.17, 15) is 9.59 Å². The predicted octanol–water partition coefficient (Wildman–Crippen LogP) is 3.26. The molecule has 5 heteroatoms. The molecular formula is C18H26O5. The molecule has 0 amide bonds. The van der Waals surface area contributed by atoms with Gasteiger partial charge in [-0.25, -0.2) is 0 Å². The molecule has 0 N–H and O–H groups in total. The van der Waals surface area contributed by atoms with E-state index in [4.69, 9.17) is 14.2 Å². The third-order valence-electron chi connectivity index (χ3n) is 3.05. The Kier molecular flexibility index (Phi) is 9.71. The van der Waals surface area contributed by atoms with E-state index < -0.39 is 6.10 Å². The number of hydrogen-bond donors (Lipinski definition) is 0. The smallest absolute Gasteiger partial charge is 0.306 e. The van der Waals surface area contributed by atoms with E-state index in [-0.39, 0.29) is 25.2 Å². The number of benzene rings is 1. The van der Waals surface area contributed by atoms with Crippen LogP contribution < -0.4 is 0 Å². The zero-order valence-electron chi connectivity index (χ0n) is 14.0. The highest BCUT2D eigenvalue weighted by atomic mass is 16.6. The highest BCUT2D eigenvalue weighted by molar-refractivity contribution is 5.70. The fourth-order valence-electron chi connectivity index (χ4n) is 1.91. The van der Waals surface area contributed by atoms with Gasteiger partial charge in [-0.05, 0) is 18.4 Å². The van der Waals surface area contributed by atoms with E-state index in [0.29, 0.717) is 25.9 Å². The van der Waals surface area contributed by atoms with Gasteiger partial charge in [0.1, 0.15) is 6.61 Å². The Bertz CT molecular complexity index is 458. The van der Waals surface area contributed by atoms with E-state index in [1.54, 1.807) is 0 Å². The molecule has 128 valence electrons. The molecule has 0 unspecified atom stereocenters. The summed E-state index contributed by atoms with van der Waals surface area (Å²) in [5.41, 5.74) is 1.04. The van der Waals surface area contributed by atoms with Crippen LogP contribution in [-0.2, 0) is 30.4 Å². The van der Waals surface area contributed by atoms with E-state index in [1.807, 2.05) is 44.2 Å². The molecule has 5 nitrogen and oxygen atoms in total. The largest absolute Gasteiger partial charge is 0.462 e. The Morgan fingerprint density at radius 3 is 2.26 bits per heavy atom. The fourth-order valence-corrected chi connectivity index (χ4v) is 1.91. The van der Waals surface area contributed by atoms with Crippen LogP contribution in [0.2, 0.25) is 0 Å². The monoisotopic (exact) mass is 322 g/mol. The number of ether oxygens (including phenoxy) is 3. The molecule has 0 aromatic heterocycles. The third kappa shape index (κ3) is 8.98. The Balaban J connectivity index is 2.42. The lowest BCUT2D eigenvalue weighted by Gasteiger charge is -2.18. The van der Waals surface area contributed by atoms with Crippen LogP contribution in [0.5, 0.6) is 0 Å². The van der Waals surface area contributed by atoms with E-state index in [1.165, 1.54) is 0 Å². The van der Waals surface area contributed by atoms with Crippen LogP contribution in [0.15, 0.2) is 30.3 Å². The van der Waals surface area contributed by atoms with E-state index in [0.717, 1.165) is 12.0 Å². The summed E-state index contributed by atoms with van der Waals surface area (Å²) in [6.45, 7) is 4.46. The van der Waals surface area contributed by atoms with Gasteiger partial charge in [-0.1, -0.05) is 44.2 Å². The van der Waals surface area contributed by atoms with Crippen molar-refractivity contribution in [1.29, 1.82) is 0 Å². The maximum Gasteiger partial charge on any atom is 0.306 e. The minimum atomic E-state index is -0.571. The third-order valence-corrected chi connectivity index (χ3v) is 3.05. The number of esters is 2. The van der Waals surface area contributed by atoms with Crippen molar-refractivity contribution in [1.82, 2.24) is 0 Å². The van der Waals surface area contributed by atoms with Crippen molar-refractivity contribution in [3.8, 4) is 0 Å². The second-order valence-electron chi connectivity index (χ2n) is 5.30. The van der Waals surface area contributed by atoms with Gasteiger partial charge < -0.3 is 14.2 Å². The van der Waals surface area contributed by atoms with Crippen molar-refractivity contribution in [3.63, 3.8) is 0 Å². The predicted molar refractivity (Wildman–Crippen MR) is 86.8 cm³/mol. The van der Waals surface area contributed by atoms with Crippen LogP contribution in [0.1, 0.15) is 45.1 Å². The van der Waals surface area contributed by atoms with E-state index in [2.05, 4.69) is 0 Å². The standard InChI is InChI=1S/C18H26O5/c1-3-8-17(19)22-14-16(23-18(20)9-4-2)13-21-12-15-10-6-5-7-11-15/h5-7,10-11,16H,3-4,8-9,12-14H2,1-2H3/t16-/m1/s1. The van der Waals surface area contributed by atoms with Gasteiger partial charge in [0.2, 0.25) is 0 Å². The molecular weight excluding hydrogens is 296 g/mol. The first-order valence-corrected chi connectivity index (χ1v) is 8.12. The molecule has 1 aromatic rings. The molecule has 0 aliphatic heterocycles. The molecule has 0 aliphatic carbocycles. The zero-order chi connectivity index (χ0) is 16.9. The molecule has 1 aromatic carbocycles. The number of carbonyl (C=O) groups is 2. The average Bonchev–Trinajstić information content (AvgIpc) is 2.54. The van der Waals surface area contributed by atoms with Gasteiger partial charge in [-0.15, -0.1) is 0 Å². The Morgan fingerprint density at radius 1 is 0.957 bits per heavy atom. The first-order chi connectivity index (χ1) is 11.2. The average molecular weight is 322 g/mol. The second kappa shape index (κ2) is 11.7. The van der Waals surface area contributed by atoms with Gasteiger partial charge in [-0.3, -0.25) is 9.59 Å². The van der Waals surface area contributed by atoms with Crippen molar-refractivity contribution in [2.45, 2.75) is 52.2 Å². The van der Waals surface area contributed by atoms with Crippen molar-refractivity contribution >= 4 is 11.9 Å². The molecule has 1 atom stereocenters. The molecule has 23 heavy (non-hydrogen) atoms. The molecule has 0 spiro atoms. The summed E-state index contributed by atoms with van der Waals surface area (Å²) in [6, 6.07) is 9.72. The molecule has 0 bridgehead atoms. The van der Waals surface area contributed by atoms with Crippen LogP contribution in [-0.4, -0.2) is 31.3 Å². The van der Waals surface area contributed by atoms with Crippen molar-refractivity contribution in [3.05, 3.63) is 35.9 Å². The minimum absolute atomic E-state index is 0.0308. The summed E-state index contributed by atoms with van der Waals surface area (Å²) in [7, 11) is 0. The highest BCUT2D eigenvalue weighted by Crippen LogP contribution is 2.05. The summed E-state index contributed by atoms with van der Waals surface area (Å²) in [6.07, 6.45) is 1.58. The maximum absolute atomic E-state index is 11.6. The van der Waals surface area contributed by atoms with Gasteiger partial charge in [0.05, 0.1) is 13.2 Å². The number of rotatable bonds is 11. The molecule has 0 saturated heterocycles. The first-order valence-electron chi connectivity index (χ1n) is 8.12. The van der Waals surface area contributed by atoms with Crippen molar-refractivity contribution in [2.24, 2.45) is 0 Å². The zero-order valence-corrected chi connectivity index (χ0v) is 14.0. The SMILES string of the molecule is CCCC(=O)OC[C@@H](COCc1ccccc1)OC(=O)CCC. The normalized spacial score (nSPS) is 11.7. The fraction of sp³-hybridized carbons (Fsp3) is 0.556. The summed E-state index contributed by atoms with van der Waals surface area (Å²) in [5.74, 6) is -0.584. The second-order valence-corrected chi connectivity index (χ2v) is 5.30.